The average molecular weight is 384 g/mol. The maximum absolute atomic E-state index is 3.68. The maximum Gasteiger partial charge on any atom is 0.0314 e. The predicted octanol–water partition coefficient (Wildman–Crippen LogP) is 5.52. The quantitative estimate of drug-likeness (QED) is 0.602. The molecule has 0 bridgehead atoms. The highest BCUT2D eigenvalue weighted by Gasteiger charge is 2.12. The first-order valence-electron chi connectivity index (χ1n) is 7.33. The minimum atomic E-state index is 0.519. The first-order chi connectivity index (χ1) is 10.2. The molecule has 21 heavy (non-hydrogen) atoms. The van der Waals surface area contributed by atoms with E-state index in [9.17, 15) is 0 Å². The van der Waals surface area contributed by atoms with Crippen LogP contribution < -0.4 is 5.32 Å². The second-order valence-corrected chi connectivity index (χ2v) is 8.12. The van der Waals surface area contributed by atoms with Crippen LogP contribution in [-0.4, -0.2) is 18.3 Å². The third-order valence-corrected chi connectivity index (χ3v) is 6.35. The van der Waals surface area contributed by atoms with Crippen molar-refractivity contribution < 1.29 is 0 Å². The molecule has 2 rings (SSSR count). The van der Waals surface area contributed by atoms with E-state index in [4.69, 9.17) is 0 Å². The fourth-order valence-corrected chi connectivity index (χ4v) is 4.80. The van der Waals surface area contributed by atoms with Crippen LogP contribution in [0, 0.1) is 6.92 Å². The lowest BCUT2D eigenvalue weighted by atomic mass is 10.2. The van der Waals surface area contributed by atoms with Gasteiger partial charge in [0.05, 0.1) is 0 Å². The van der Waals surface area contributed by atoms with E-state index in [1.165, 1.54) is 26.2 Å². The summed E-state index contributed by atoms with van der Waals surface area (Å²) in [6, 6.07) is 11.4. The van der Waals surface area contributed by atoms with Gasteiger partial charge in [0.15, 0.2) is 0 Å². The van der Waals surface area contributed by atoms with Gasteiger partial charge in [-0.15, -0.1) is 23.1 Å². The van der Waals surface area contributed by atoms with Gasteiger partial charge in [0.1, 0.15) is 0 Å². The van der Waals surface area contributed by atoms with E-state index in [2.05, 4.69) is 70.8 Å². The van der Waals surface area contributed by atoms with Gasteiger partial charge in [-0.2, -0.15) is 0 Å². The minimum Gasteiger partial charge on any atom is -0.313 e. The van der Waals surface area contributed by atoms with Gasteiger partial charge in [0.2, 0.25) is 0 Å². The Kier molecular flexibility index (Phi) is 7.30. The summed E-state index contributed by atoms with van der Waals surface area (Å²) in [5.41, 5.74) is 1.33. The zero-order chi connectivity index (χ0) is 15.1. The number of nitrogens with one attached hydrogen (secondary N) is 1. The van der Waals surface area contributed by atoms with Gasteiger partial charge in [-0.05, 0) is 65.8 Å². The molecule has 1 atom stereocenters. The standard InChI is InChI=1S/C17H22BrNS2/c1-3-8-19-14(11-17-16(18)7-9-20-17)12-21-15-6-4-5-13(2)10-15/h4-7,9-10,14,19H,3,8,11-12H2,1-2H3. The number of hydrogen-bond donors (Lipinski definition) is 1. The fraction of sp³-hybridized carbons (Fsp3) is 0.412. The maximum atomic E-state index is 3.68. The van der Waals surface area contributed by atoms with Crippen LogP contribution in [0.15, 0.2) is 45.1 Å². The molecule has 0 aliphatic rings. The molecule has 0 spiro atoms. The number of benzene rings is 1. The van der Waals surface area contributed by atoms with E-state index in [1.807, 2.05) is 23.1 Å². The third-order valence-electron chi connectivity index (χ3n) is 3.25. The van der Waals surface area contributed by atoms with Crippen LogP contribution in [0.2, 0.25) is 0 Å². The van der Waals surface area contributed by atoms with Gasteiger partial charge in [-0.1, -0.05) is 24.6 Å². The van der Waals surface area contributed by atoms with Crippen LogP contribution in [0.4, 0.5) is 0 Å². The highest BCUT2D eigenvalue weighted by Crippen LogP contribution is 2.26. The molecular weight excluding hydrogens is 362 g/mol. The van der Waals surface area contributed by atoms with Crippen molar-refractivity contribution in [3.8, 4) is 0 Å². The molecule has 1 nitrogen and oxygen atoms in total. The van der Waals surface area contributed by atoms with Crippen molar-refractivity contribution in [3.63, 3.8) is 0 Å². The summed E-state index contributed by atoms with van der Waals surface area (Å²) in [6.07, 6.45) is 2.27. The molecule has 1 aromatic carbocycles. The zero-order valence-corrected chi connectivity index (χ0v) is 15.8. The predicted molar refractivity (Wildman–Crippen MR) is 99.7 cm³/mol. The molecule has 114 valence electrons. The summed E-state index contributed by atoms with van der Waals surface area (Å²) in [6.45, 7) is 5.46. The highest BCUT2D eigenvalue weighted by atomic mass is 79.9. The summed E-state index contributed by atoms with van der Waals surface area (Å²) in [4.78, 5) is 2.80. The molecule has 1 unspecified atom stereocenters. The lowest BCUT2D eigenvalue weighted by Crippen LogP contribution is -2.33. The summed E-state index contributed by atoms with van der Waals surface area (Å²) in [5, 5.41) is 5.84. The van der Waals surface area contributed by atoms with Gasteiger partial charge in [-0.3, -0.25) is 0 Å². The Morgan fingerprint density at radius 3 is 2.86 bits per heavy atom. The van der Waals surface area contributed by atoms with Crippen LogP contribution in [0.3, 0.4) is 0 Å². The van der Waals surface area contributed by atoms with Crippen molar-refractivity contribution in [3.05, 3.63) is 50.6 Å². The molecule has 0 aliphatic carbocycles. The minimum absolute atomic E-state index is 0.519. The third kappa shape index (κ3) is 5.78. The van der Waals surface area contributed by atoms with Gasteiger partial charge in [0.25, 0.3) is 0 Å². The molecule has 0 fully saturated rings. The number of aryl methyl sites for hydroxylation is 1. The van der Waals surface area contributed by atoms with Crippen molar-refractivity contribution in [2.45, 2.75) is 37.6 Å². The molecule has 1 N–H and O–H groups in total. The van der Waals surface area contributed by atoms with E-state index in [0.717, 1.165) is 18.7 Å². The normalized spacial score (nSPS) is 12.5. The topological polar surface area (TPSA) is 12.0 Å². The van der Waals surface area contributed by atoms with Gasteiger partial charge in [-0.25, -0.2) is 0 Å². The molecule has 4 heteroatoms. The Morgan fingerprint density at radius 2 is 2.19 bits per heavy atom. The summed E-state index contributed by atoms with van der Waals surface area (Å²) < 4.78 is 1.25. The van der Waals surface area contributed by atoms with E-state index in [1.54, 1.807) is 0 Å². The Balaban J connectivity index is 1.94. The lowest BCUT2D eigenvalue weighted by molar-refractivity contribution is 0.552. The van der Waals surface area contributed by atoms with Gasteiger partial charge >= 0.3 is 0 Å². The Morgan fingerprint density at radius 1 is 1.33 bits per heavy atom. The number of halogens is 1. The van der Waals surface area contributed by atoms with Crippen LogP contribution in [0.25, 0.3) is 0 Å². The molecule has 0 saturated heterocycles. The summed E-state index contributed by atoms with van der Waals surface area (Å²) in [7, 11) is 0. The molecule has 0 radical (unpaired) electrons. The van der Waals surface area contributed by atoms with Crippen LogP contribution in [0.5, 0.6) is 0 Å². The van der Waals surface area contributed by atoms with Crippen molar-refractivity contribution >= 4 is 39.0 Å². The van der Waals surface area contributed by atoms with Crippen LogP contribution >= 0.6 is 39.0 Å². The van der Waals surface area contributed by atoms with E-state index >= 15 is 0 Å². The average Bonchev–Trinajstić information content (AvgIpc) is 2.87. The molecular formula is C17H22BrNS2. The molecule has 2 aromatic rings. The largest absolute Gasteiger partial charge is 0.313 e. The Hall–Kier alpha value is -0.290. The summed E-state index contributed by atoms with van der Waals surface area (Å²) in [5.74, 6) is 1.10. The second kappa shape index (κ2) is 8.99. The highest BCUT2D eigenvalue weighted by molar-refractivity contribution is 9.10. The second-order valence-electron chi connectivity index (χ2n) is 5.17. The Bertz CT molecular complexity index is 553. The lowest BCUT2D eigenvalue weighted by Gasteiger charge is -2.18. The fourth-order valence-electron chi connectivity index (χ4n) is 2.13. The van der Waals surface area contributed by atoms with E-state index in [0.29, 0.717) is 6.04 Å². The summed E-state index contributed by atoms with van der Waals surface area (Å²) >= 11 is 7.43. The number of rotatable bonds is 8. The van der Waals surface area contributed by atoms with Gasteiger partial charge < -0.3 is 5.32 Å². The Labute approximate surface area is 144 Å². The first-order valence-corrected chi connectivity index (χ1v) is 9.99. The first kappa shape index (κ1) is 17.1. The molecule has 0 aliphatic heterocycles. The molecule has 0 saturated carbocycles. The zero-order valence-electron chi connectivity index (χ0n) is 12.6. The number of thiophene rings is 1. The van der Waals surface area contributed by atoms with E-state index in [-0.39, 0.29) is 0 Å². The van der Waals surface area contributed by atoms with Crippen LogP contribution in [-0.2, 0) is 6.42 Å². The molecule has 1 aromatic heterocycles. The van der Waals surface area contributed by atoms with Crippen molar-refractivity contribution in [2.24, 2.45) is 0 Å². The smallest absolute Gasteiger partial charge is 0.0314 e. The molecule has 0 amide bonds. The number of hydrogen-bond acceptors (Lipinski definition) is 3. The van der Waals surface area contributed by atoms with Crippen molar-refractivity contribution in [1.82, 2.24) is 5.32 Å². The van der Waals surface area contributed by atoms with Crippen LogP contribution in [0.1, 0.15) is 23.8 Å². The van der Waals surface area contributed by atoms with Gasteiger partial charge in [0, 0.05) is 26.0 Å². The van der Waals surface area contributed by atoms with E-state index < -0.39 is 0 Å². The van der Waals surface area contributed by atoms with Crippen molar-refractivity contribution in [2.75, 3.05) is 12.3 Å². The van der Waals surface area contributed by atoms with Crippen molar-refractivity contribution in [1.29, 1.82) is 0 Å². The monoisotopic (exact) mass is 383 g/mol. The molecule has 1 heterocycles. The number of thioether (sulfide) groups is 1. The SMILES string of the molecule is CCCNC(CSc1cccc(C)c1)Cc1sccc1Br.